The Morgan fingerprint density at radius 2 is 1.73 bits per heavy atom. The van der Waals surface area contributed by atoms with E-state index in [0.717, 1.165) is 12.1 Å². The number of H-pyrrole nitrogens is 1. The summed E-state index contributed by atoms with van der Waals surface area (Å²) in [6, 6.07) is 8.61. The highest BCUT2D eigenvalue weighted by Crippen LogP contribution is 2.15. The molecule has 112 valence electrons. The molecule has 9 heteroatoms. The van der Waals surface area contributed by atoms with Crippen LogP contribution in [-0.4, -0.2) is 29.7 Å². The molecule has 7 nitrogen and oxygen atoms in total. The van der Waals surface area contributed by atoms with Crippen LogP contribution in [0.3, 0.4) is 0 Å². The van der Waals surface area contributed by atoms with Crippen molar-refractivity contribution in [3.05, 3.63) is 53.8 Å². The van der Waals surface area contributed by atoms with Crippen LogP contribution in [0.15, 0.2) is 47.4 Å². The van der Waals surface area contributed by atoms with Crippen molar-refractivity contribution in [1.29, 1.82) is 0 Å². The molecule has 1 heterocycles. The van der Waals surface area contributed by atoms with E-state index in [2.05, 4.69) is 15.4 Å². The van der Waals surface area contributed by atoms with E-state index in [1.54, 1.807) is 0 Å². The number of sulfonamides is 1. The van der Waals surface area contributed by atoms with E-state index < -0.39 is 21.7 Å². The monoisotopic (exact) mass is 320 g/mol. The highest BCUT2D eigenvalue weighted by molar-refractivity contribution is 7.90. The van der Waals surface area contributed by atoms with E-state index in [1.807, 2.05) is 4.72 Å². The molecule has 0 saturated heterocycles. The fourth-order valence-electron chi connectivity index (χ4n) is 1.83. The topological polar surface area (TPSA) is 105 Å². The van der Waals surface area contributed by atoms with E-state index in [-0.39, 0.29) is 10.5 Å². The molecular formula is C13H9FN4O3S. The average Bonchev–Trinajstić information content (AvgIpc) is 2.94. The van der Waals surface area contributed by atoms with Crippen molar-refractivity contribution in [2.45, 2.75) is 4.90 Å². The summed E-state index contributed by atoms with van der Waals surface area (Å²) in [7, 11) is -4.06. The first-order chi connectivity index (χ1) is 10.5. The Morgan fingerprint density at radius 3 is 2.45 bits per heavy atom. The molecule has 22 heavy (non-hydrogen) atoms. The molecule has 0 spiro atoms. The number of rotatable bonds is 3. The fraction of sp³-hybridized carbons (Fsp3) is 0. The van der Waals surface area contributed by atoms with Crippen LogP contribution < -0.4 is 4.72 Å². The Kier molecular flexibility index (Phi) is 3.33. The van der Waals surface area contributed by atoms with Gasteiger partial charge in [-0.2, -0.15) is 15.4 Å². The van der Waals surface area contributed by atoms with Crippen molar-refractivity contribution in [2.24, 2.45) is 0 Å². The van der Waals surface area contributed by atoms with Gasteiger partial charge in [0.2, 0.25) is 0 Å². The zero-order chi connectivity index (χ0) is 15.7. The van der Waals surface area contributed by atoms with Gasteiger partial charge in [0.15, 0.2) is 0 Å². The van der Waals surface area contributed by atoms with Gasteiger partial charge >= 0.3 is 0 Å². The minimum Gasteiger partial charge on any atom is -0.268 e. The van der Waals surface area contributed by atoms with Gasteiger partial charge < -0.3 is 0 Å². The molecule has 0 aliphatic heterocycles. The largest absolute Gasteiger partial charge is 0.268 e. The van der Waals surface area contributed by atoms with E-state index >= 15 is 0 Å². The van der Waals surface area contributed by atoms with Gasteiger partial charge in [-0.05, 0) is 42.5 Å². The number of carbonyl (C=O) groups is 1. The number of nitrogens with zero attached hydrogens (tertiary/aromatic N) is 2. The average molecular weight is 320 g/mol. The van der Waals surface area contributed by atoms with Crippen molar-refractivity contribution in [3.8, 4) is 0 Å². The zero-order valence-electron chi connectivity index (χ0n) is 10.9. The fourth-order valence-corrected chi connectivity index (χ4v) is 2.82. The summed E-state index contributed by atoms with van der Waals surface area (Å²) in [5.74, 6) is -1.36. The zero-order valence-corrected chi connectivity index (χ0v) is 11.8. The smallest absolute Gasteiger partial charge is 0.265 e. The number of benzene rings is 2. The van der Waals surface area contributed by atoms with Gasteiger partial charge in [0.25, 0.3) is 15.9 Å². The van der Waals surface area contributed by atoms with Gasteiger partial charge in [0.1, 0.15) is 16.9 Å². The van der Waals surface area contributed by atoms with Crippen molar-refractivity contribution < 1.29 is 17.6 Å². The van der Waals surface area contributed by atoms with Gasteiger partial charge in [-0.1, -0.05) is 0 Å². The lowest BCUT2D eigenvalue weighted by Crippen LogP contribution is -2.30. The molecule has 3 aromatic rings. The Hall–Kier alpha value is -2.81. The van der Waals surface area contributed by atoms with Crippen LogP contribution in [-0.2, 0) is 10.0 Å². The highest BCUT2D eigenvalue weighted by atomic mass is 32.2. The number of hydrogen-bond donors (Lipinski definition) is 2. The molecule has 0 bridgehead atoms. The van der Waals surface area contributed by atoms with Gasteiger partial charge in [-0.15, -0.1) is 0 Å². The highest BCUT2D eigenvalue weighted by Gasteiger charge is 2.19. The Balaban J connectivity index is 1.89. The first kappa shape index (κ1) is 14.1. The van der Waals surface area contributed by atoms with Crippen molar-refractivity contribution in [2.75, 3.05) is 0 Å². The van der Waals surface area contributed by atoms with E-state index in [0.29, 0.717) is 11.0 Å². The number of amides is 1. The second kappa shape index (κ2) is 5.19. The Labute approximate surface area is 124 Å². The number of halogens is 1. The summed E-state index contributed by atoms with van der Waals surface area (Å²) >= 11 is 0. The number of nitrogens with one attached hydrogen (secondary N) is 2. The molecule has 0 unspecified atom stereocenters. The second-order valence-corrected chi connectivity index (χ2v) is 6.10. The lowest BCUT2D eigenvalue weighted by atomic mass is 10.2. The number of aromatic nitrogens is 3. The van der Waals surface area contributed by atoms with Crippen molar-refractivity contribution in [1.82, 2.24) is 20.1 Å². The summed E-state index contributed by atoms with van der Waals surface area (Å²) in [5, 5.41) is 9.96. The Morgan fingerprint density at radius 1 is 1.05 bits per heavy atom. The quantitative estimate of drug-likeness (QED) is 0.755. The van der Waals surface area contributed by atoms with Crippen LogP contribution in [0.2, 0.25) is 0 Å². The maximum Gasteiger partial charge on any atom is 0.265 e. The molecule has 0 atom stereocenters. The first-order valence-electron chi connectivity index (χ1n) is 6.09. The normalized spacial score (nSPS) is 11.5. The molecule has 3 rings (SSSR count). The summed E-state index contributed by atoms with van der Waals surface area (Å²) < 4.78 is 39.1. The van der Waals surface area contributed by atoms with Crippen LogP contribution >= 0.6 is 0 Å². The maximum atomic E-state index is 12.8. The van der Waals surface area contributed by atoms with Crippen LogP contribution in [0.1, 0.15) is 10.4 Å². The van der Waals surface area contributed by atoms with Gasteiger partial charge in [-0.3, -0.25) is 4.79 Å². The number of hydrogen-bond acceptors (Lipinski definition) is 5. The predicted octanol–water partition coefficient (Wildman–Crippen LogP) is 1.22. The van der Waals surface area contributed by atoms with Crippen molar-refractivity contribution >= 4 is 27.0 Å². The molecule has 1 amide bonds. The van der Waals surface area contributed by atoms with E-state index in [9.17, 15) is 17.6 Å². The number of aromatic amines is 1. The summed E-state index contributed by atoms with van der Waals surface area (Å²) in [5.41, 5.74) is 0.897. The standard InChI is InChI=1S/C13H9FN4O3S/c14-9-3-1-8(2-4-9)13(19)17-22(20,21)10-5-6-11-12(7-10)16-18-15-11/h1-7H,(H,17,19)(H,15,16,18). The third kappa shape index (κ3) is 2.66. The Bertz CT molecular complexity index is 951. The molecule has 2 N–H and O–H groups in total. The molecule has 0 aliphatic rings. The molecule has 0 aliphatic carbocycles. The molecular weight excluding hydrogens is 311 g/mol. The maximum absolute atomic E-state index is 12.8. The summed E-state index contributed by atoms with van der Waals surface area (Å²) in [6.45, 7) is 0. The summed E-state index contributed by atoms with van der Waals surface area (Å²) in [4.78, 5) is 11.8. The lowest BCUT2D eigenvalue weighted by Gasteiger charge is -2.06. The molecule has 2 aromatic carbocycles. The first-order valence-corrected chi connectivity index (χ1v) is 7.57. The molecule has 0 saturated carbocycles. The van der Waals surface area contributed by atoms with E-state index in [1.165, 1.54) is 30.3 Å². The SMILES string of the molecule is O=C(NS(=O)(=O)c1ccc2n[nH]nc2c1)c1ccc(F)cc1. The van der Waals surface area contributed by atoms with Crippen LogP contribution in [0.25, 0.3) is 11.0 Å². The van der Waals surface area contributed by atoms with Crippen LogP contribution in [0.4, 0.5) is 4.39 Å². The third-order valence-corrected chi connectivity index (χ3v) is 4.26. The minimum absolute atomic E-state index is 0.0347. The van der Waals surface area contributed by atoms with E-state index in [4.69, 9.17) is 0 Å². The molecule has 0 radical (unpaired) electrons. The molecule has 0 fully saturated rings. The number of carbonyl (C=O) groups excluding carboxylic acids is 1. The third-order valence-electron chi connectivity index (χ3n) is 2.93. The second-order valence-electron chi connectivity index (χ2n) is 4.42. The van der Waals surface area contributed by atoms with Crippen LogP contribution in [0, 0.1) is 5.82 Å². The minimum atomic E-state index is -4.06. The number of fused-ring (bicyclic) bond motifs is 1. The van der Waals surface area contributed by atoms with Crippen LogP contribution in [0.5, 0.6) is 0 Å². The molecule has 1 aromatic heterocycles. The van der Waals surface area contributed by atoms with Gasteiger partial charge in [-0.25, -0.2) is 17.5 Å². The predicted molar refractivity (Wildman–Crippen MR) is 74.9 cm³/mol. The van der Waals surface area contributed by atoms with Gasteiger partial charge in [0.05, 0.1) is 4.90 Å². The summed E-state index contributed by atoms with van der Waals surface area (Å²) in [6.07, 6.45) is 0. The van der Waals surface area contributed by atoms with Gasteiger partial charge in [0, 0.05) is 5.56 Å². The lowest BCUT2D eigenvalue weighted by molar-refractivity contribution is 0.0981. The van der Waals surface area contributed by atoms with Crippen molar-refractivity contribution in [3.63, 3.8) is 0 Å².